The second kappa shape index (κ2) is 7.91. The number of aliphatic hydroxyl groups is 1. The van der Waals surface area contributed by atoms with E-state index in [1.54, 1.807) is 0 Å². The van der Waals surface area contributed by atoms with Gasteiger partial charge in [0.25, 0.3) is 0 Å². The molecule has 0 aliphatic heterocycles. The molecule has 4 heteroatoms. The summed E-state index contributed by atoms with van der Waals surface area (Å²) in [6, 6.07) is 9.63. The Kier molecular flexibility index (Phi) is 6.20. The van der Waals surface area contributed by atoms with E-state index in [1.807, 2.05) is 42.1 Å². The van der Waals surface area contributed by atoms with Crippen LogP contribution in [-0.2, 0) is 0 Å². The molecule has 0 radical (unpaired) electrons. The Morgan fingerprint density at radius 3 is 2.65 bits per heavy atom. The topological polar surface area (TPSA) is 41.5 Å². The minimum absolute atomic E-state index is 0.337. The molecule has 1 atom stereocenters. The summed E-state index contributed by atoms with van der Waals surface area (Å²) in [4.78, 5) is 0. The third-order valence-corrected chi connectivity index (χ3v) is 5.38. The van der Waals surface area contributed by atoms with Crippen LogP contribution in [0.1, 0.15) is 25.7 Å². The summed E-state index contributed by atoms with van der Waals surface area (Å²) in [5, 5.41) is 13.4. The molecule has 1 aliphatic rings. The van der Waals surface area contributed by atoms with Gasteiger partial charge in [-0.05, 0) is 31.2 Å². The molecule has 0 spiro atoms. The van der Waals surface area contributed by atoms with E-state index in [0.29, 0.717) is 17.9 Å². The van der Waals surface area contributed by atoms with Gasteiger partial charge in [-0.2, -0.15) is 11.8 Å². The van der Waals surface area contributed by atoms with E-state index in [1.165, 1.54) is 25.7 Å². The van der Waals surface area contributed by atoms with Gasteiger partial charge in [0.2, 0.25) is 0 Å². The molecule has 1 fully saturated rings. The molecular formula is C16H25NO2S. The zero-order chi connectivity index (χ0) is 14.3. The molecule has 20 heavy (non-hydrogen) atoms. The number of benzene rings is 1. The van der Waals surface area contributed by atoms with Crippen LogP contribution in [0.2, 0.25) is 0 Å². The fourth-order valence-corrected chi connectivity index (χ4v) is 3.65. The van der Waals surface area contributed by atoms with Gasteiger partial charge < -0.3 is 15.2 Å². The fraction of sp³-hybridized carbons (Fsp3) is 0.625. The Labute approximate surface area is 126 Å². The average molecular weight is 295 g/mol. The van der Waals surface area contributed by atoms with Crippen LogP contribution in [0.15, 0.2) is 30.3 Å². The maximum absolute atomic E-state index is 9.95. The number of thioether (sulfide) groups is 1. The highest BCUT2D eigenvalue weighted by molar-refractivity contribution is 8.00. The van der Waals surface area contributed by atoms with Crippen LogP contribution >= 0.6 is 11.8 Å². The zero-order valence-electron chi connectivity index (χ0n) is 12.2. The minimum Gasteiger partial charge on any atom is -0.491 e. The van der Waals surface area contributed by atoms with Crippen LogP contribution in [0.5, 0.6) is 5.75 Å². The predicted octanol–water partition coefficient (Wildman–Crippen LogP) is 2.69. The molecule has 3 nitrogen and oxygen atoms in total. The van der Waals surface area contributed by atoms with Crippen LogP contribution in [0, 0.1) is 0 Å². The number of aliphatic hydroxyl groups excluding tert-OH is 1. The zero-order valence-corrected chi connectivity index (χ0v) is 13.0. The highest BCUT2D eigenvalue weighted by atomic mass is 32.2. The predicted molar refractivity (Wildman–Crippen MR) is 85.5 cm³/mol. The van der Waals surface area contributed by atoms with E-state index < -0.39 is 6.10 Å². The molecule has 1 saturated carbocycles. The van der Waals surface area contributed by atoms with Crippen LogP contribution in [0.4, 0.5) is 0 Å². The first kappa shape index (κ1) is 15.7. The lowest BCUT2D eigenvalue weighted by Crippen LogP contribution is -2.40. The molecule has 0 amide bonds. The van der Waals surface area contributed by atoms with Crippen molar-refractivity contribution in [2.75, 3.05) is 26.0 Å². The molecule has 112 valence electrons. The minimum atomic E-state index is -0.462. The van der Waals surface area contributed by atoms with E-state index >= 15 is 0 Å². The van der Waals surface area contributed by atoms with Crippen molar-refractivity contribution in [3.63, 3.8) is 0 Å². The summed E-state index contributed by atoms with van der Waals surface area (Å²) in [7, 11) is 0. The van der Waals surface area contributed by atoms with Crippen molar-refractivity contribution in [1.82, 2.24) is 5.32 Å². The van der Waals surface area contributed by atoms with Gasteiger partial charge in [0.15, 0.2) is 0 Å². The number of nitrogens with one attached hydrogen (secondary N) is 1. The van der Waals surface area contributed by atoms with Gasteiger partial charge in [-0.25, -0.2) is 0 Å². The normalized spacial score (nSPS) is 18.9. The first-order valence-corrected chi connectivity index (χ1v) is 8.58. The first-order valence-electron chi connectivity index (χ1n) is 7.36. The van der Waals surface area contributed by atoms with Crippen molar-refractivity contribution in [2.45, 2.75) is 36.5 Å². The second-order valence-corrected chi connectivity index (χ2v) is 6.78. The van der Waals surface area contributed by atoms with Gasteiger partial charge in [-0.15, -0.1) is 0 Å². The summed E-state index contributed by atoms with van der Waals surface area (Å²) in [5.74, 6) is 0.808. The van der Waals surface area contributed by atoms with E-state index in [0.717, 1.165) is 12.3 Å². The molecular weight excluding hydrogens is 270 g/mol. The second-order valence-electron chi connectivity index (χ2n) is 5.50. The monoisotopic (exact) mass is 295 g/mol. The molecule has 2 rings (SSSR count). The fourth-order valence-electron chi connectivity index (χ4n) is 2.71. The van der Waals surface area contributed by atoms with Crippen LogP contribution in [-0.4, -0.2) is 41.9 Å². The van der Waals surface area contributed by atoms with Crippen LogP contribution in [0.25, 0.3) is 0 Å². The smallest absolute Gasteiger partial charge is 0.119 e. The molecule has 1 aromatic carbocycles. The Morgan fingerprint density at radius 2 is 2.00 bits per heavy atom. The van der Waals surface area contributed by atoms with Gasteiger partial charge in [-0.1, -0.05) is 31.0 Å². The summed E-state index contributed by atoms with van der Waals surface area (Å²) in [6.07, 6.45) is 6.98. The van der Waals surface area contributed by atoms with Crippen molar-refractivity contribution >= 4 is 11.8 Å². The standard InChI is InChI=1S/C16H25NO2S/c1-20-16(9-5-6-10-16)13-17-11-14(18)12-19-15-7-3-2-4-8-15/h2-4,7-8,14,17-18H,5-6,9-13H2,1H3. The Hall–Kier alpha value is -0.710. The lowest BCUT2D eigenvalue weighted by molar-refractivity contribution is 0.106. The summed E-state index contributed by atoms with van der Waals surface area (Å²) in [6.45, 7) is 1.91. The van der Waals surface area contributed by atoms with E-state index in [-0.39, 0.29) is 0 Å². The summed E-state index contributed by atoms with van der Waals surface area (Å²) in [5.41, 5.74) is 0. The molecule has 1 aliphatic carbocycles. The van der Waals surface area contributed by atoms with Gasteiger partial charge in [0, 0.05) is 17.8 Å². The third kappa shape index (κ3) is 4.69. The Bertz CT molecular complexity index is 379. The van der Waals surface area contributed by atoms with E-state index in [4.69, 9.17) is 4.74 Å². The van der Waals surface area contributed by atoms with Crippen LogP contribution in [0.3, 0.4) is 0 Å². The lowest BCUT2D eigenvalue weighted by atomic mass is 10.1. The quantitative estimate of drug-likeness (QED) is 0.774. The highest BCUT2D eigenvalue weighted by Crippen LogP contribution is 2.39. The average Bonchev–Trinajstić information content (AvgIpc) is 2.96. The molecule has 0 heterocycles. The van der Waals surface area contributed by atoms with Gasteiger partial charge in [0.1, 0.15) is 18.5 Å². The van der Waals surface area contributed by atoms with Gasteiger partial charge >= 0.3 is 0 Å². The maximum Gasteiger partial charge on any atom is 0.119 e. The maximum atomic E-state index is 9.95. The SMILES string of the molecule is CSC1(CNCC(O)COc2ccccc2)CCCC1. The first-order chi connectivity index (χ1) is 9.74. The van der Waals surface area contributed by atoms with Gasteiger partial charge in [-0.3, -0.25) is 0 Å². The number of para-hydroxylation sites is 1. The number of hydrogen-bond acceptors (Lipinski definition) is 4. The molecule has 1 unspecified atom stereocenters. The summed E-state index contributed by atoms with van der Waals surface area (Å²) < 4.78 is 5.94. The van der Waals surface area contributed by atoms with Crippen molar-refractivity contribution in [2.24, 2.45) is 0 Å². The Morgan fingerprint density at radius 1 is 1.30 bits per heavy atom. The van der Waals surface area contributed by atoms with E-state index in [9.17, 15) is 5.11 Å². The molecule has 0 aromatic heterocycles. The third-order valence-electron chi connectivity index (χ3n) is 3.96. The molecule has 1 aromatic rings. The van der Waals surface area contributed by atoms with Crippen molar-refractivity contribution in [1.29, 1.82) is 0 Å². The molecule has 0 bridgehead atoms. The van der Waals surface area contributed by atoms with Crippen molar-refractivity contribution in [3.05, 3.63) is 30.3 Å². The number of rotatable bonds is 8. The number of hydrogen-bond donors (Lipinski definition) is 2. The number of ether oxygens (including phenoxy) is 1. The van der Waals surface area contributed by atoms with E-state index in [2.05, 4.69) is 11.6 Å². The largest absolute Gasteiger partial charge is 0.491 e. The van der Waals surface area contributed by atoms with Crippen molar-refractivity contribution in [3.8, 4) is 5.75 Å². The van der Waals surface area contributed by atoms with Crippen molar-refractivity contribution < 1.29 is 9.84 Å². The molecule has 0 saturated heterocycles. The molecule has 2 N–H and O–H groups in total. The van der Waals surface area contributed by atoms with Gasteiger partial charge in [0.05, 0.1) is 0 Å². The summed E-state index contributed by atoms with van der Waals surface area (Å²) >= 11 is 1.97. The Balaban J connectivity index is 1.64. The van der Waals surface area contributed by atoms with Crippen LogP contribution < -0.4 is 10.1 Å². The lowest BCUT2D eigenvalue weighted by Gasteiger charge is -2.27. The highest BCUT2D eigenvalue weighted by Gasteiger charge is 2.32.